The van der Waals surface area contributed by atoms with Crippen LogP contribution in [0.4, 0.5) is 0 Å². The summed E-state index contributed by atoms with van der Waals surface area (Å²) in [6, 6.07) is 6.19. The van der Waals surface area contributed by atoms with Crippen LogP contribution < -0.4 is 4.74 Å². The molecule has 1 aliphatic rings. The number of aliphatic hydroxyl groups is 3. The molecule has 1 aromatic carbocycles. The van der Waals surface area contributed by atoms with Gasteiger partial charge in [0.2, 0.25) is 0 Å². The van der Waals surface area contributed by atoms with E-state index in [1.165, 1.54) is 12.1 Å². The van der Waals surface area contributed by atoms with E-state index in [-0.39, 0.29) is 24.3 Å². The molecule has 0 radical (unpaired) electrons. The number of carbonyl (C=O) groups is 2. The minimum Gasteiger partial charge on any atom is -0.493 e. The van der Waals surface area contributed by atoms with Gasteiger partial charge in [0.05, 0.1) is 18.8 Å². The fourth-order valence-corrected chi connectivity index (χ4v) is 3.16. The van der Waals surface area contributed by atoms with Gasteiger partial charge in [0, 0.05) is 6.42 Å². The van der Waals surface area contributed by atoms with Crippen molar-refractivity contribution in [1.29, 1.82) is 0 Å². The SMILES string of the molecule is O=C(O)c1ccccc1OCCC[C@H]1C[C@@](O)(C(=O)O)C[C@@H](O)[C@@H]1O. The fraction of sp³-hybridized carbons (Fsp3) is 0.529. The molecule has 25 heavy (non-hydrogen) atoms. The topological polar surface area (TPSA) is 145 Å². The zero-order valence-corrected chi connectivity index (χ0v) is 13.5. The summed E-state index contributed by atoms with van der Waals surface area (Å²) in [6.07, 6.45) is -2.28. The number of aromatic carboxylic acids is 1. The highest BCUT2D eigenvalue weighted by molar-refractivity contribution is 5.90. The highest BCUT2D eigenvalue weighted by Crippen LogP contribution is 2.35. The van der Waals surface area contributed by atoms with Crippen LogP contribution >= 0.6 is 0 Å². The third-order valence-corrected chi connectivity index (χ3v) is 4.52. The van der Waals surface area contributed by atoms with Crippen molar-refractivity contribution >= 4 is 11.9 Å². The Balaban J connectivity index is 1.90. The average Bonchev–Trinajstić information content (AvgIpc) is 2.56. The van der Waals surface area contributed by atoms with Crippen LogP contribution in [-0.4, -0.2) is 61.9 Å². The summed E-state index contributed by atoms with van der Waals surface area (Å²) in [5.74, 6) is -2.90. The predicted molar refractivity (Wildman–Crippen MR) is 85.5 cm³/mol. The van der Waals surface area contributed by atoms with Gasteiger partial charge in [-0.3, -0.25) is 0 Å². The molecule has 1 saturated carbocycles. The zero-order valence-electron chi connectivity index (χ0n) is 13.5. The van der Waals surface area contributed by atoms with E-state index in [2.05, 4.69) is 0 Å². The molecule has 0 bridgehead atoms. The first-order chi connectivity index (χ1) is 11.7. The van der Waals surface area contributed by atoms with Crippen LogP contribution in [0.15, 0.2) is 24.3 Å². The Kier molecular flexibility index (Phi) is 5.99. The molecule has 0 heterocycles. The molecular weight excluding hydrogens is 332 g/mol. The third-order valence-electron chi connectivity index (χ3n) is 4.52. The smallest absolute Gasteiger partial charge is 0.339 e. The Morgan fingerprint density at radius 1 is 1.16 bits per heavy atom. The molecule has 138 valence electrons. The number of carboxylic acids is 2. The number of aliphatic hydroxyl groups excluding tert-OH is 2. The van der Waals surface area contributed by atoms with Gasteiger partial charge in [0.15, 0.2) is 5.60 Å². The lowest BCUT2D eigenvalue weighted by molar-refractivity contribution is -0.179. The molecule has 0 aromatic heterocycles. The molecule has 0 amide bonds. The molecule has 4 atom stereocenters. The van der Waals surface area contributed by atoms with Crippen molar-refractivity contribution in [2.75, 3.05) is 6.61 Å². The zero-order chi connectivity index (χ0) is 18.6. The monoisotopic (exact) mass is 354 g/mol. The van der Waals surface area contributed by atoms with E-state index in [0.717, 1.165) is 0 Å². The van der Waals surface area contributed by atoms with Crippen molar-refractivity contribution in [3.8, 4) is 5.75 Å². The van der Waals surface area contributed by atoms with Crippen molar-refractivity contribution in [2.45, 2.75) is 43.5 Å². The van der Waals surface area contributed by atoms with E-state index in [4.69, 9.17) is 14.9 Å². The molecule has 5 N–H and O–H groups in total. The maximum absolute atomic E-state index is 11.2. The number of para-hydroxylation sites is 1. The maximum atomic E-state index is 11.2. The lowest BCUT2D eigenvalue weighted by atomic mass is 9.73. The van der Waals surface area contributed by atoms with Gasteiger partial charge in [0.1, 0.15) is 11.3 Å². The summed E-state index contributed by atoms with van der Waals surface area (Å²) < 4.78 is 5.45. The van der Waals surface area contributed by atoms with E-state index < -0.39 is 42.1 Å². The minimum absolute atomic E-state index is 0.0378. The molecule has 0 saturated heterocycles. The first-order valence-electron chi connectivity index (χ1n) is 8.01. The highest BCUT2D eigenvalue weighted by atomic mass is 16.5. The highest BCUT2D eigenvalue weighted by Gasteiger charge is 2.48. The molecule has 1 aliphatic carbocycles. The van der Waals surface area contributed by atoms with E-state index in [1.807, 2.05) is 0 Å². The van der Waals surface area contributed by atoms with Crippen LogP contribution in [0, 0.1) is 5.92 Å². The van der Waals surface area contributed by atoms with Crippen molar-refractivity contribution < 1.29 is 39.9 Å². The molecular formula is C17H22O8. The largest absolute Gasteiger partial charge is 0.493 e. The Bertz CT molecular complexity index is 631. The van der Waals surface area contributed by atoms with Crippen molar-refractivity contribution in [2.24, 2.45) is 5.92 Å². The van der Waals surface area contributed by atoms with Gasteiger partial charge < -0.3 is 30.3 Å². The molecule has 1 fully saturated rings. The van der Waals surface area contributed by atoms with Crippen molar-refractivity contribution in [3.05, 3.63) is 29.8 Å². The van der Waals surface area contributed by atoms with E-state index in [1.54, 1.807) is 12.1 Å². The van der Waals surface area contributed by atoms with Crippen LogP contribution in [0.5, 0.6) is 5.75 Å². The summed E-state index contributed by atoms with van der Waals surface area (Å²) in [5.41, 5.74) is -2.02. The first-order valence-corrected chi connectivity index (χ1v) is 8.01. The minimum atomic E-state index is -2.06. The summed E-state index contributed by atoms with van der Waals surface area (Å²) in [5, 5.41) is 48.1. The standard InChI is InChI=1S/C17H22O8/c18-12-9-17(24,16(22)23)8-10(14(12)19)4-3-7-25-13-6-2-1-5-11(13)15(20)21/h1-2,5-6,10,12,14,18-19,24H,3-4,7-9H2,(H,20,21)(H,22,23)/t10-,12+,14+,17-/m0/s1. The Hall–Kier alpha value is -2.16. The fourth-order valence-electron chi connectivity index (χ4n) is 3.16. The third kappa shape index (κ3) is 4.47. The summed E-state index contributed by atoms with van der Waals surface area (Å²) in [7, 11) is 0. The molecule has 0 unspecified atom stereocenters. The number of rotatable bonds is 7. The van der Waals surface area contributed by atoms with Crippen LogP contribution in [0.25, 0.3) is 0 Å². The summed E-state index contributed by atoms with van der Waals surface area (Å²) >= 11 is 0. The molecule has 1 aromatic rings. The van der Waals surface area contributed by atoms with Gasteiger partial charge in [0.25, 0.3) is 0 Å². The van der Waals surface area contributed by atoms with Gasteiger partial charge in [-0.05, 0) is 37.3 Å². The molecule has 0 aliphatic heterocycles. The van der Waals surface area contributed by atoms with Crippen LogP contribution in [0.3, 0.4) is 0 Å². The van der Waals surface area contributed by atoms with Crippen LogP contribution in [0.1, 0.15) is 36.0 Å². The molecule has 8 nitrogen and oxygen atoms in total. The number of hydrogen-bond donors (Lipinski definition) is 5. The van der Waals surface area contributed by atoms with E-state index >= 15 is 0 Å². The van der Waals surface area contributed by atoms with Gasteiger partial charge in [-0.1, -0.05) is 12.1 Å². The second-order valence-corrected chi connectivity index (χ2v) is 6.36. The number of aliphatic carboxylic acids is 1. The van der Waals surface area contributed by atoms with E-state index in [9.17, 15) is 24.9 Å². The average molecular weight is 354 g/mol. The van der Waals surface area contributed by atoms with Crippen molar-refractivity contribution in [1.82, 2.24) is 0 Å². The number of carboxylic acid groups (broad SMARTS) is 2. The van der Waals surface area contributed by atoms with Gasteiger partial charge >= 0.3 is 11.9 Å². The van der Waals surface area contributed by atoms with Gasteiger partial charge in [-0.25, -0.2) is 9.59 Å². The molecule has 0 spiro atoms. The number of ether oxygens (including phenoxy) is 1. The number of hydrogen-bond acceptors (Lipinski definition) is 6. The van der Waals surface area contributed by atoms with Crippen molar-refractivity contribution in [3.63, 3.8) is 0 Å². The Morgan fingerprint density at radius 3 is 2.48 bits per heavy atom. The lowest BCUT2D eigenvalue weighted by Crippen LogP contribution is -2.53. The maximum Gasteiger partial charge on any atom is 0.339 e. The van der Waals surface area contributed by atoms with Crippen LogP contribution in [-0.2, 0) is 4.79 Å². The molecule has 8 heteroatoms. The van der Waals surface area contributed by atoms with E-state index in [0.29, 0.717) is 12.8 Å². The normalized spacial score (nSPS) is 29.2. The summed E-state index contributed by atoms with van der Waals surface area (Å²) in [4.78, 5) is 22.3. The van der Waals surface area contributed by atoms with Gasteiger partial charge in [-0.15, -0.1) is 0 Å². The quantitative estimate of drug-likeness (QED) is 0.445. The Morgan fingerprint density at radius 2 is 1.84 bits per heavy atom. The second-order valence-electron chi connectivity index (χ2n) is 6.36. The van der Waals surface area contributed by atoms with Crippen LogP contribution in [0.2, 0.25) is 0 Å². The summed E-state index contributed by atoms with van der Waals surface area (Å²) in [6.45, 7) is 0.162. The predicted octanol–water partition coefficient (Wildman–Crippen LogP) is 0.491. The molecule has 2 rings (SSSR count). The van der Waals surface area contributed by atoms with Gasteiger partial charge in [-0.2, -0.15) is 0 Å². The number of benzene rings is 1. The second kappa shape index (κ2) is 7.81. The Labute approximate surface area is 144 Å². The first kappa shape index (κ1) is 19.2. The lowest BCUT2D eigenvalue weighted by Gasteiger charge is -2.40.